The second kappa shape index (κ2) is 16.4. The summed E-state index contributed by atoms with van der Waals surface area (Å²) in [4.78, 5) is 22.2. The monoisotopic (exact) mass is 831 g/mol. The van der Waals surface area contributed by atoms with Crippen LogP contribution in [-0.4, -0.2) is 89.4 Å². The maximum absolute atomic E-state index is 11.6. The Morgan fingerprint density at radius 1 is 0.525 bits per heavy atom. The summed E-state index contributed by atoms with van der Waals surface area (Å²) in [5.74, 6) is 1.61. The molecule has 0 spiro atoms. The fraction of sp³-hybridized carbons (Fsp3) is 0.959. The zero-order valence-electron chi connectivity index (χ0n) is 37.4. The fourth-order valence-electron chi connectivity index (χ4n) is 18.0. The predicted molar refractivity (Wildman–Crippen MR) is 225 cm³/mol. The molecule has 8 N–H and O–H groups in total. The molecule has 10 nitrogen and oxygen atoms in total. The van der Waals surface area contributed by atoms with Crippen molar-refractivity contribution in [3.63, 3.8) is 0 Å². The summed E-state index contributed by atoms with van der Waals surface area (Å²) >= 11 is 0. The number of aliphatic hydroxyl groups excluding tert-OH is 6. The van der Waals surface area contributed by atoms with E-state index in [2.05, 4.69) is 48.5 Å². The van der Waals surface area contributed by atoms with Crippen molar-refractivity contribution in [1.29, 1.82) is 0 Å². The molecular weight excluding hydrogens is 749 g/mol. The van der Waals surface area contributed by atoms with Gasteiger partial charge in [-0.1, -0.05) is 48.5 Å². The van der Waals surface area contributed by atoms with E-state index in [0.29, 0.717) is 54.8 Å². The molecule has 0 heterocycles. The summed E-state index contributed by atoms with van der Waals surface area (Å²) in [6.07, 6.45) is 11.8. The summed E-state index contributed by atoms with van der Waals surface area (Å²) in [7, 11) is 0. The third-order valence-corrected chi connectivity index (χ3v) is 21.4. The molecule has 8 aliphatic rings. The van der Waals surface area contributed by atoms with Crippen LogP contribution in [0.3, 0.4) is 0 Å². The molecule has 22 atom stereocenters. The molecule has 0 aliphatic heterocycles. The molecule has 0 radical (unpaired) electrons. The van der Waals surface area contributed by atoms with E-state index in [4.69, 9.17) is 10.2 Å². The molecule has 59 heavy (non-hydrogen) atoms. The molecule has 0 saturated heterocycles. The minimum Gasteiger partial charge on any atom is -0.481 e. The minimum absolute atomic E-state index is 0.0581. The van der Waals surface area contributed by atoms with Crippen molar-refractivity contribution in [2.45, 2.75) is 201 Å². The van der Waals surface area contributed by atoms with Crippen molar-refractivity contribution in [3.8, 4) is 0 Å². The van der Waals surface area contributed by atoms with E-state index in [0.717, 1.165) is 83.5 Å². The highest BCUT2D eigenvalue weighted by Gasteiger charge is 2.71. The molecule has 8 fully saturated rings. The van der Waals surface area contributed by atoms with Crippen LogP contribution in [0.15, 0.2) is 0 Å². The van der Waals surface area contributed by atoms with Crippen molar-refractivity contribution < 1.29 is 50.4 Å². The van der Waals surface area contributed by atoms with Gasteiger partial charge in [0.15, 0.2) is 0 Å². The Labute approximate surface area is 354 Å². The molecule has 8 aliphatic carbocycles. The molecule has 8 rings (SSSR count). The maximum atomic E-state index is 11.6. The largest absolute Gasteiger partial charge is 0.481 e. The van der Waals surface area contributed by atoms with E-state index in [1.807, 2.05) is 0 Å². The molecule has 10 heteroatoms. The standard InChI is InChI=1S/C25H42O5.C24H40O5/c1-14(5-8-22(29)30)17-6-7-18-24(17,3)21(28)13-19-23(2)10-9-16(26)11-15(23)12-20(27)25(18,19)4;1-13(4-7-21(28)29)16-5-6-17-22-18(12-20(27)24(16,17)3)23(2)9-8-15(25)10-14(23)11-19(22)26/h14-21,26-28H,5-13H2,1-4H3,(H,29,30);13-20,22,25-27H,4-12H2,1-3H3,(H,28,29)/t14?,15-,16+,17+,18+,19+,20+,21-,23-,24+,25-;13-,14+,15-,16?,17?,18?,19+,20?,22-,23?,24?/m01/s1. The average Bonchev–Trinajstić information content (AvgIpc) is 3.72. The second-order valence-corrected chi connectivity index (χ2v) is 23.5. The number of carboxylic acid groups (broad SMARTS) is 2. The van der Waals surface area contributed by atoms with Crippen LogP contribution in [-0.2, 0) is 9.59 Å². The Kier molecular flexibility index (Phi) is 12.7. The number of carboxylic acids is 2. The van der Waals surface area contributed by atoms with E-state index in [-0.39, 0.29) is 87.8 Å². The van der Waals surface area contributed by atoms with Crippen LogP contribution >= 0.6 is 0 Å². The normalized spacial score (nSPS) is 53.5. The summed E-state index contributed by atoms with van der Waals surface area (Å²) < 4.78 is 0. The van der Waals surface area contributed by atoms with Crippen LogP contribution in [0, 0.1) is 92.2 Å². The van der Waals surface area contributed by atoms with Crippen LogP contribution in [0.2, 0.25) is 0 Å². The van der Waals surface area contributed by atoms with Crippen molar-refractivity contribution in [2.75, 3.05) is 0 Å². The molecule has 0 aromatic rings. The number of fused-ring (bicyclic) bond motifs is 10. The molecular formula is C49H82O10. The number of hydrogen-bond donors (Lipinski definition) is 8. The van der Waals surface area contributed by atoms with Gasteiger partial charge < -0.3 is 40.9 Å². The molecule has 8 saturated carbocycles. The molecule has 7 unspecified atom stereocenters. The SMILES string of the molecule is CC(CCC(=O)O)[C@H]1CC[C@@H]2[C@]1(C)[C@@H](O)C[C@@H]1[C@@]3(C)CC[C@@H](O)C[C@H]3C[C@@H](O)[C@@]21C.C[C@H](CCC(=O)O)C1CCC2[C@@H]3C(CC(O)C21C)C1(C)CC[C@@H](O)C[C@H]1C[C@@H]3O. The highest BCUT2D eigenvalue weighted by Crippen LogP contribution is 2.73. The minimum atomic E-state index is -0.751. The van der Waals surface area contributed by atoms with Gasteiger partial charge in [0, 0.05) is 18.3 Å². The Bertz CT molecular complexity index is 1540. The van der Waals surface area contributed by atoms with Gasteiger partial charge in [-0.15, -0.1) is 0 Å². The molecule has 0 bridgehead atoms. The van der Waals surface area contributed by atoms with Gasteiger partial charge in [-0.2, -0.15) is 0 Å². The van der Waals surface area contributed by atoms with Gasteiger partial charge in [0.25, 0.3) is 0 Å². The number of carbonyl (C=O) groups is 2. The van der Waals surface area contributed by atoms with Crippen LogP contribution in [0.25, 0.3) is 0 Å². The van der Waals surface area contributed by atoms with E-state index in [1.165, 1.54) is 0 Å². The number of rotatable bonds is 8. The quantitative estimate of drug-likeness (QED) is 0.123. The highest BCUT2D eigenvalue weighted by molar-refractivity contribution is 5.66. The number of aliphatic carboxylic acids is 2. The van der Waals surface area contributed by atoms with Gasteiger partial charge in [-0.25, -0.2) is 0 Å². The van der Waals surface area contributed by atoms with Crippen molar-refractivity contribution in [2.24, 2.45) is 92.2 Å². The van der Waals surface area contributed by atoms with Gasteiger partial charge in [0.05, 0.1) is 36.6 Å². The first-order valence-electron chi connectivity index (χ1n) is 24.1. The van der Waals surface area contributed by atoms with Gasteiger partial charge in [-0.05, 0) is 189 Å². The topological polar surface area (TPSA) is 196 Å². The van der Waals surface area contributed by atoms with Gasteiger partial charge in [0.2, 0.25) is 0 Å². The van der Waals surface area contributed by atoms with Crippen molar-refractivity contribution in [1.82, 2.24) is 0 Å². The molecule has 0 amide bonds. The smallest absolute Gasteiger partial charge is 0.303 e. The first-order chi connectivity index (χ1) is 27.5. The third kappa shape index (κ3) is 7.28. The van der Waals surface area contributed by atoms with Crippen LogP contribution in [0.5, 0.6) is 0 Å². The van der Waals surface area contributed by atoms with Gasteiger partial charge in [0.1, 0.15) is 0 Å². The first kappa shape index (κ1) is 45.7. The van der Waals surface area contributed by atoms with Gasteiger partial charge in [-0.3, -0.25) is 9.59 Å². The lowest BCUT2D eigenvalue weighted by molar-refractivity contribution is -0.251. The summed E-state index contributed by atoms with van der Waals surface area (Å²) in [5.41, 5.74) is -0.595. The lowest BCUT2D eigenvalue weighted by atomic mass is 9.38. The number of hydrogen-bond acceptors (Lipinski definition) is 8. The van der Waals surface area contributed by atoms with E-state index in [9.17, 15) is 40.2 Å². The highest BCUT2D eigenvalue weighted by atomic mass is 16.4. The molecule has 0 aromatic heterocycles. The zero-order valence-corrected chi connectivity index (χ0v) is 37.4. The van der Waals surface area contributed by atoms with Crippen LogP contribution in [0.4, 0.5) is 0 Å². The Morgan fingerprint density at radius 2 is 1.02 bits per heavy atom. The summed E-state index contributed by atoms with van der Waals surface area (Å²) in [6, 6.07) is 0. The Balaban J connectivity index is 0.000000179. The third-order valence-electron chi connectivity index (χ3n) is 21.4. The molecule has 0 aromatic carbocycles. The lowest BCUT2D eigenvalue weighted by Crippen LogP contribution is -2.67. The van der Waals surface area contributed by atoms with Gasteiger partial charge >= 0.3 is 11.9 Å². The average molecular weight is 831 g/mol. The fourth-order valence-corrected chi connectivity index (χ4v) is 18.0. The first-order valence-corrected chi connectivity index (χ1v) is 24.1. The zero-order chi connectivity index (χ0) is 43.2. The van der Waals surface area contributed by atoms with E-state index < -0.39 is 30.3 Å². The van der Waals surface area contributed by atoms with Crippen LogP contribution < -0.4 is 0 Å². The molecule has 338 valence electrons. The Hall–Kier alpha value is -1.30. The van der Waals surface area contributed by atoms with Crippen molar-refractivity contribution >= 4 is 11.9 Å². The van der Waals surface area contributed by atoms with E-state index in [1.54, 1.807) is 0 Å². The lowest BCUT2D eigenvalue weighted by Gasteiger charge is -2.68. The van der Waals surface area contributed by atoms with Crippen molar-refractivity contribution in [3.05, 3.63) is 0 Å². The van der Waals surface area contributed by atoms with Crippen LogP contribution in [0.1, 0.15) is 164 Å². The predicted octanol–water partition coefficient (Wildman–Crippen LogP) is 7.29. The Morgan fingerprint density at radius 3 is 1.59 bits per heavy atom. The maximum Gasteiger partial charge on any atom is 0.303 e. The van der Waals surface area contributed by atoms with E-state index >= 15 is 0 Å². The number of aliphatic hydroxyl groups is 6. The summed E-state index contributed by atoms with van der Waals surface area (Å²) in [6.45, 7) is 15.7. The second-order valence-electron chi connectivity index (χ2n) is 23.5. The summed E-state index contributed by atoms with van der Waals surface area (Å²) in [5, 5.41) is 84.5.